The predicted molar refractivity (Wildman–Crippen MR) is 73.5 cm³/mol. The Labute approximate surface area is 98.3 Å². The van der Waals surface area contributed by atoms with Crippen LogP contribution in [0.2, 0.25) is 0 Å². The molecule has 0 saturated heterocycles. The Hall–Kier alpha value is -1.82. The third-order valence-electron chi connectivity index (χ3n) is 2.91. The quantitative estimate of drug-likeness (QED) is 0.630. The van der Waals surface area contributed by atoms with Gasteiger partial charge in [-0.2, -0.15) is 0 Å². The molecule has 0 aliphatic rings. The van der Waals surface area contributed by atoms with Crippen LogP contribution in [-0.4, -0.2) is 0 Å². The first-order valence-corrected chi connectivity index (χ1v) is 5.28. The van der Waals surface area contributed by atoms with E-state index in [0.717, 1.165) is 11.1 Å². The molecule has 0 nitrogen and oxygen atoms in total. The zero-order chi connectivity index (χ0) is 12.2. The van der Waals surface area contributed by atoms with Crippen molar-refractivity contribution in [3.63, 3.8) is 0 Å². The van der Waals surface area contributed by atoms with E-state index in [1.165, 1.54) is 5.56 Å². The standard InChI is InChI=1S/C16H18/c1-6-14-12-13(5)10-11-15(14)16(7-2,8-3)9-4/h6-12H,1-4H2,5H3. The molecule has 0 heterocycles. The van der Waals surface area contributed by atoms with Gasteiger partial charge in [0.25, 0.3) is 0 Å². The van der Waals surface area contributed by atoms with Gasteiger partial charge in [-0.05, 0) is 18.1 Å². The Morgan fingerprint density at radius 1 is 1.00 bits per heavy atom. The van der Waals surface area contributed by atoms with Crippen molar-refractivity contribution in [1.29, 1.82) is 0 Å². The summed E-state index contributed by atoms with van der Waals surface area (Å²) >= 11 is 0. The van der Waals surface area contributed by atoms with Gasteiger partial charge in [0, 0.05) is 5.41 Å². The average Bonchev–Trinajstić information content (AvgIpc) is 2.33. The van der Waals surface area contributed by atoms with Gasteiger partial charge >= 0.3 is 0 Å². The Morgan fingerprint density at radius 2 is 1.56 bits per heavy atom. The third kappa shape index (κ3) is 1.92. The number of hydrogen-bond acceptors (Lipinski definition) is 0. The van der Waals surface area contributed by atoms with E-state index in [9.17, 15) is 0 Å². The number of rotatable bonds is 5. The van der Waals surface area contributed by atoms with Gasteiger partial charge in [-0.25, -0.2) is 0 Å². The lowest BCUT2D eigenvalue weighted by molar-refractivity contribution is 0.860. The van der Waals surface area contributed by atoms with E-state index in [2.05, 4.69) is 51.4 Å². The molecule has 0 bridgehead atoms. The van der Waals surface area contributed by atoms with Gasteiger partial charge in [-0.1, -0.05) is 54.6 Å². The molecule has 16 heavy (non-hydrogen) atoms. The van der Waals surface area contributed by atoms with Gasteiger partial charge in [-0.3, -0.25) is 0 Å². The highest BCUT2D eigenvalue weighted by atomic mass is 14.3. The van der Waals surface area contributed by atoms with Gasteiger partial charge in [0.15, 0.2) is 0 Å². The van der Waals surface area contributed by atoms with Crippen LogP contribution in [0.25, 0.3) is 6.08 Å². The predicted octanol–water partition coefficient (Wildman–Crippen LogP) is 4.43. The van der Waals surface area contributed by atoms with Crippen LogP contribution >= 0.6 is 0 Å². The van der Waals surface area contributed by atoms with Crippen molar-refractivity contribution < 1.29 is 0 Å². The first kappa shape index (κ1) is 12.3. The molecule has 0 amide bonds. The van der Waals surface area contributed by atoms with Crippen molar-refractivity contribution in [3.05, 3.63) is 79.4 Å². The highest BCUT2D eigenvalue weighted by Gasteiger charge is 2.23. The van der Waals surface area contributed by atoms with Crippen molar-refractivity contribution in [2.24, 2.45) is 0 Å². The van der Waals surface area contributed by atoms with E-state index in [4.69, 9.17) is 0 Å². The van der Waals surface area contributed by atoms with Gasteiger partial charge < -0.3 is 0 Å². The molecule has 1 aromatic rings. The third-order valence-corrected chi connectivity index (χ3v) is 2.91. The maximum atomic E-state index is 3.87. The monoisotopic (exact) mass is 210 g/mol. The Bertz CT molecular complexity index is 414. The maximum absolute atomic E-state index is 3.87. The summed E-state index contributed by atoms with van der Waals surface area (Å²) in [6, 6.07) is 6.26. The van der Waals surface area contributed by atoms with Crippen molar-refractivity contribution in [1.82, 2.24) is 0 Å². The molecule has 0 fully saturated rings. The number of benzene rings is 1. The van der Waals surface area contributed by atoms with Crippen molar-refractivity contribution in [2.45, 2.75) is 12.3 Å². The molecule has 0 N–H and O–H groups in total. The van der Waals surface area contributed by atoms with Crippen molar-refractivity contribution >= 4 is 6.08 Å². The molecule has 1 rings (SSSR count). The van der Waals surface area contributed by atoms with Crippen LogP contribution in [0.15, 0.2) is 62.7 Å². The van der Waals surface area contributed by atoms with Gasteiger partial charge in [0.05, 0.1) is 0 Å². The van der Waals surface area contributed by atoms with E-state index >= 15 is 0 Å². The first-order chi connectivity index (χ1) is 7.63. The van der Waals surface area contributed by atoms with Gasteiger partial charge in [0.2, 0.25) is 0 Å². The smallest absolute Gasteiger partial charge is 0.0491 e. The van der Waals surface area contributed by atoms with Gasteiger partial charge in [-0.15, -0.1) is 19.7 Å². The molecule has 0 heteroatoms. The van der Waals surface area contributed by atoms with Crippen LogP contribution in [-0.2, 0) is 5.41 Å². The molecule has 0 unspecified atom stereocenters. The van der Waals surface area contributed by atoms with E-state index in [1.54, 1.807) is 0 Å². The first-order valence-electron chi connectivity index (χ1n) is 5.28. The number of allylic oxidation sites excluding steroid dienone is 3. The van der Waals surface area contributed by atoms with Crippen LogP contribution < -0.4 is 0 Å². The second-order valence-electron chi connectivity index (χ2n) is 3.84. The second-order valence-corrected chi connectivity index (χ2v) is 3.84. The minimum atomic E-state index is -0.378. The summed E-state index contributed by atoms with van der Waals surface area (Å²) in [5.74, 6) is 0. The fourth-order valence-electron chi connectivity index (χ4n) is 1.83. The van der Waals surface area contributed by atoms with Gasteiger partial charge in [0.1, 0.15) is 0 Å². The summed E-state index contributed by atoms with van der Waals surface area (Å²) in [5.41, 5.74) is 3.05. The summed E-state index contributed by atoms with van der Waals surface area (Å²) in [4.78, 5) is 0. The lowest BCUT2D eigenvalue weighted by atomic mass is 9.78. The Balaban J connectivity index is 3.51. The summed E-state index contributed by atoms with van der Waals surface area (Å²) in [6.07, 6.45) is 7.41. The summed E-state index contributed by atoms with van der Waals surface area (Å²) in [6.45, 7) is 17.5. The molecule has 82 valence electrons. The fourth-order valence-corrected chi connectivity index (χ4v) is 1.83. The fraction of sp³-hybridized carbons (Fsp3) is 0.125. The molecule has 0 saturated carbocycles. The molecule has 0 aromatic heterocycles. The molecule has 0 atom stereocenters. The molecule has 0 aliphatic heterocycles. The molecule has 0 aliphatic carbocycles. The van der Waals surface area contributed by atoms with E-state index in [1.807, 2.05) is 24.3 Å². The van der Waals surface area contributed by atoms with E-state index in [-0.39, 0.29) is 5.41 Å². The minimum Gasteiger partial charge on any atom is -0.102 e. The Kier molecular flexibility index (Phi) is 3.68. The summed E-state index contributed by atoms with van der Waals surface area (Å²) < 4.78 is 0. The molecule has 1 aromatic carbocycles. The summed E-state index contributed by atoms with van der Waals surface area (Å²) in [5, 5.41) is 0. The number of aryl methyl sites for hydroxylation is 1. The Morgan fingerprint density at radius 3 is 2.00 bits per heavy atom. The highest BCUT2D eigenvalue weighted by Crippen LogP contribution is 2.32. The SMILES string of the molecule is C=Cc1cc(C)ccc1C(C=C)(C=C)C=C. The van der Waals surface area contributed by atoms with Crippen LogP contribution in [0.3, 0.4) is 0 Å². The average molecular weight is 210 g/mol. The van der Waals surface area contributed by atoms with Crippen LogP contribution in [0.4, 0.5) is 0 Å². The lowest BCUT2D eigenvalue weighted by Gasteiger charge is -2.25. The summed E-state index contributed by atoms with van der Waals surface area (Å²) in [7, 11) is 0. The van der Waals surface area contributed by atoms with Crippen LogP contribution in [0.5, 0.6) is 0 Å². The largest absolute Gasteiger partial charge is 0.102 e. The van der Waals surface area contributed by atoms with Crippen molar-refractivity contribution in [3.8, 4) is 0 Å². The van der Waals surface area contributed by atoms with E-state index in [0.29, 0.717) is 0 Å². The maximum Gasteiger partial charge on any atom is 0.0491 e. The molecule has 0 radical (unpaired) electrons. The van der Waals surface area contributed by atoms with Crippen LogP contribution in [0.1, 0.15) is 16.7 Å². The molecular weight excluding hydrogens is 192 g/mol. The van der Waals surface area contributed by atoms with E-state index < -0.39 is 0 Å². The highest BCUT2D eigenvalue weighted by molar-refractivity contribution is 5.59. The zero-order valence-electron chi connectivity index (χ0n) is 9.87. The lowest BCUT2D eigenvalue weighted by Crippen LogP contribution is -2.18. The van der Waals surface area contributed by atoms with Crippen LogP contribution in [0, 0.1) is 6.92 Å². The molecular formula is C16H18. The number of hydrogen-bond donors (Lipinski definition) is 0. The second kappa shape index (κ2) is 4.80. The van der Waals surface area contributed by atoms with Crippen molar-refractivity contribution in [2.75, 3.05) is 0 Å². The molecule has 0 spiro atoms. The zero-order valence-corrected chi connectivity index (χ0v) is 9.87. The minimum absolute atomic E-state index is 0.378. The normalized spacial score (nSPS) is 10.6. The topological polar surface area (TPSA) is 0 Å².